The molecule has 0 saturated heterocycles. The smallest absolute Gasteiger partial charge is 0.270 e. The molecule has 1 aromatic carbocycles. The average Bonchev–Trinajstić information content (AvgIpc) is 2.92. The number of rotatable bonds is 4. The topological polar surface area (TPSA) is 71.1 Å². The van der Waals surface area contributed by atoms with Crippen LogP contribution in [-0.4, -0.2) is 22.8 Å². The molecule has 5 heteroatoms. The highest BCUT2D eigenvalue weighted by molar-refractivity contribution is 6.05. The monoisotopic (exact) mass is 351 g/mol. The van der Waals surface area contributed by atoms with E-state index in [1.54, 1.807) is 12.1 Å². The van der Waals surface area contributed by atoms with Crippen LogP contribution in [-0.2, 0) is 0 Å². The summed E-state index contributed by atoms with van der Waals surface area (Å²) >= 11 is 0. The summed E-state index contributed by atoms with van der Waals surface area (Å²) in [5.74, 6) is -0.457. The Kier molecular flexibility index (Phi) is 6.00. The Balaban J connectivity index is 1.65. The van der Waals surface area contributed by atoms with Crippen molar-refractivity contribution >= 4 is 17.5 Å². The zero-order valence-corrected chi connectivity index (χ0v) is 15.1. The molecule has 0 spiro atoms. The van der Waals surface area contributed by atoms with Crippen molar-refractivity contribution in [1.82, 2.24) is 10.3 Å². The van der Waals surface area contributed by atoms with Gasteiger partial charge in [0, 0.05) is 23.5 Å². The van der Waals surface area contributed by atoms with E-state index in [2.05, 4.69) is 15.6 Å². The lowest BCUT2D eigenvalue weighted by Gasteiger charge is -2.16. The molecule has 0 atom stereocenters. The lowest BCUT2D eigenvalue weighted by molar-refractivity contribution is 0.0928. The predicted molar refractivity (Wildman–Crippen MR) is 102 cm³/mol. The standard InChI is InChI=1S/C21H25N3O2/c1-15-8-10-18(11-9-15)23-20(25)16-12-13-22-19(14-16)21(26)24-17-6-4-2-3-5-7-17/h8-14,17H,2-7H2,1H3,(H,23,25)(H,24,26). The van der Waals surface area contributed by atoms with E-state index in [0.29, 0.717) is 5.56 Å². The third kappa shape index (κ3) is 4.91. The van der Waals surface area contributed by atoms with Gasteiger partial charge in [0.2, 0.25) is 0 Å². The first kappa shape index (κ1) is 18.1. The molecular formula is C21H25N3O2. The number of carbonyl (C=O) groups is 2. The molecule has 0 unspecified atom stereocenters. The minimum absolute atomic E-state index is 0.205. The fraction of sp³-hybridized carbons (Fsp3) is 0.381. The maximum atomic E-state index is 12.5. The van der Waals surface area contributed by atoms with Gasteiger partial charge in [-0.1, -0.05) is 43.4 Å². The predicted octanol–water partition coefficient (Wildman–Crippen LogP) is 4.09. The average molecular weight is 351 g/mol. The number of anilines is 1. The van der Waals surface area contributed by atoms with Crippen molar-refractivity contribution in [3.05, 3.63) is 59.4 Å². The molecule has 26 heavy (non-hydrogen) atoms. The second-order valence-electron chi connectivity index (χ2n) is 6.91. The summed E-state index contributed by atoms with van der Waals surface area (Å²) < 4.78 is 0. The van der Waals surface area contributed by atoms with E-state index >= 15 is 0 Å². The first-order valence-electron chi connectivity index (χ1n) is 9.27. The van der Waals surface area contributed by atoms with Gasteiger partial charge in [0.15, 0.2) is 0 Å². The number of hydrogen-bond acceptors (Lipinski definition) is 3. The number of aryl methyl sites for hydroxylation is 1. The second-order valence-corrected chi connectivity index (χ2v) is 6.91. The lowest BCUT2D eigenvalue weighted by atomic mass is 10.1. The van der Waals surface area contributed by atoms with E-state index < -0.39 is 0 Å². The van der Waals surface area contributed by atoms with Crippen LogP contribution in [0.4, 0.5) is 5.69 Å². The molecule has 1 heterocycles. The van der Waals surface area contributed by atoms with Crippen molar-refractivity contribution in [3.8, 4) is 0 Å². The first-order valence-corrected chi connectivity index (χ1v) is 9.27. The molecule has 1 aromatic heterocycles. The molecule has 1 fully saturated rings. The van der Waals surface area contributed by atoms with Gasteiger partial charge >= 0.3 is 0 Å². The highest BCUT2D eigenvalue weighted by Gasteiger charge is 2.17. The van der Waals surface area contributed by atoms with Gasteiger partial charge in [0.05, 0.1) is 0 Å². The van der Waals surface area contributed by atoms with E-state index in [1.165, 1.54) is 19.0 Å². The summed E-state index contributed by atoms with van der Waals surface area (Å²) in [5.41, 5.74) is 2.56. The molecule has 2 amide bonds. The molecule has 1 aliphatic rings. The number of aromatic nitrogens is 1. The molecule has 0 bridgehead atoms. The largest absolute Gasteiger partial charge is 0.348 e. The molecule has 5 nitrogen and oxygen atoms in total. The molecule has 3 rings (SSSR count). The summed E-state index contributed by atoms with van der Waals surface area (Å²) in [5, 5.41) is 5.91. The van der Waals surface area contributed by atoms with Gasteiger partial charge < -0.3 is 10.6 Å². The van der Waals surface area contributed by atoms with Gasteiger partial charge in [0.25, 0.3) is 11.8 Å². The third-order valence-corrected chi connectivity index (χ3v) is 4.75. The first-order chi connectivity index (χ1) is 12.6. The molecular weight excluding hydrogens is 326 g/mol. The number of amides is 2. The van der Waals surface area contributed by atoms with Gasteiger partial charge in [-0.2, -0.15) is 0 Å². The Bertz CT molecular complexity index is 763. The van der Waals surface area contributed by atoms with E-state index in [4.69, 9.17) is 0 Å². The lowest BCUT2D eigenvalue weighted by Crippen LogP contribution is -2.35. The number of pyridine rings is 1. The van der Waals surface area contributed by atoms with E-state index in [1.807, 2.05) is 31.2 Å². The van der Waals surface area contributed by atoms with E-state index in [9.17, 15) is 9.59 Å². The fourth-order valence-corrected chi connectivity index (χ4v) is 3.22. The van der Waals surface area contributed by atoms with Gasteiger partial charge in [-0.25, -0.2) is 0 Å². The summed E-state index contributed by atoms with van der Waals surface area (Å²) in [6.45, 7) is 1.99. The third-order valence-electron chi connectivity index (χ3n) is 4.75. The van der Waals surface area contributed by atoms with Gasteiger partial charge in [0.1, 0.15) is 5.69 Å². The van der Waals surface area contributed by atoms with Crippen LogP contribution in [0.5, 0.6) is 0 Å². The van der Waals surface area contributed by atoms with Crippen LogP contribution in [0.2, 0.25) is 0 Å². The number of nitrogens with zero attached hydrogens (tertiary/aromatic N) is 1. The van der Waals surface area contributed by atoms with Crippen molar-refractivity contribution in [2.45, 2.75) is 51.5 Å². The van der Waals surface area contributed by atoms with Gasteiger partial charge in [-0.3, -0.25) is 14.6 Å². The van der Waals surface area contributed by atoms with Crippen LogP contribution in [0.3, 0.4) is 0 Å². The van der Waals surface area contributed by atoms with Crippen LogP contribution in [0.25, 0.3) is 0 Å². The normalized spacial score (nSPS) is 15.1. The maximum Gasteiger partial charge on any atom is 0.270 e. The minimum Gasteiger partial charge on any atom is -0.348 e. The number of carbonyl (C=O) groups excluding carboxylic acids is 2. The van der Waals surface area contributed by atoms with Crippen molar-refractivity contribution in [2.75, 3.05) is 5.32 Å². The summed E-state index contributed by atoms with van der Waals surface area (Å²) in [7, 11) is 0. The van der Waals surface area contributed by atoms with E-state index in [0.717, 1.165) is 36.9 Å². The molecule has 2 aromatic rings. The van der Waals surface area contributed by atoms with Crippen LogP contribution in [0.15, 0.2) is 42.6 Å². The Morgan fingerprint density at radius 2 is 1.65 bits per heavy atom. The maximum absolute atomic E-state index is 12.5. The van der Waals surface area contributed by atoms with Gasteiger partial charge in [-0.15, -0.1) is 0 Å². The van der Waals surface area contributed by atoms with Crippen molar-refractivity contribution in [2.24, 2.45) is 0 Å². The summed E-state index contributed by atoms with van der Waals surface area (Å²) in [6.07, 6.45) is 8.30. The molecule has 1 aliphatic carbocycles. The Labute approximate surface area is 154 Å². The van der Waals surface area contributed by atoms with Crippen LogP contribution < -0.4 is 10.6 Å². The highest BCUT2D eigenvalue weighted by atomic mass is 16.2. The molecule has 2 N–H and O–H groups in total. The summed E-state index contributed by atoms with van der Waals surface area (Å²) in [6, 6.07) is 11.0. The van der Waals surface area contributed by atoms with Crippen molar-refractivity contribution in [1.29, 1.82) is 0 Å². The SMILES string of the molecule is Cc1ccc(NC(=O)c2ccnc(C(=O)NC3CCCCCC3)c2)cc1. The summed E-state index contributed by atoms with van der Waals surface area (Å²) in [4.78, 5) is 29.1. The quantitative estimate of drug-likeness (QED) is 0.815. The number of hydrogen-bond donors (Lipinski definition) is 2. The number of benzene rings is 1. The molecule has 0 radical (unpaired) electrons. The molecule has 0 aliphatic heterocycles. The van der Waals surface area contributed by atoms with Crippen LogP contribution in [0, 0.1) is 6.92 Å². The Morgan fingerprint density at radius 3 is 2.35 bits per heavy atom. The second kappa shape index (κ2) is 8.61. The highest BCUT2D eigenvalue weighted by Crippen LogP contribution is 2.18. The van der Waals surface area contributed by atoms with Crippen LogP contribution in [0.1, 0.15) is 64.9 Å². The molecule has 1 saturated carbocycles. The number of nitrogens with one attached hydrogen (secondary N) is 2. The fourth-order valence-electron chi connectivity index (χ4n) is 3.22. The van der Waals surface area contributed by atoms with Gasteiger partial charge in [-0.05, 0) is 44.0 Å². The minimum atomic E-state index is -0.250. The van der Waals surface area contributed by atoms with Crippen molar-refractivity contribution in [3.63, 3.8) is 0 Å². The van der Waals surface area contributed by atoms with Crippen LogP contribution >= 0.6 is 0 Å². The zero-order valence-electron chi connectivity index (χ0n) is 15.1. The van der Waals surface area contributed by atoms with E-state index in [-0.39, 0.29) is 23.6 Å². The van der Waals surface area contributed by atoms with Crippen molar-refractivity contribution < 1.29 is 9.59 Å². The Morgan fingerprint density at radius 1 is 0.962 bits per heavy atom. The molecule has 136 valence electrons. The zero-order chi connectivity index (χ0) is 18.4. The Hall–Kier alpha value is -2.69.